The van der Waals surface area contributed by atoms with Gasteiger partial charge >= 0.3 is 0 Å². The predicted molar refractivity (Wildman–Crippen MR) is 92.0 cm³/mol. The lowest BCUT2D eigenvalue weighted by molar-refractivity contribution is -0.123. The van der Waals surface area contributed by atoms with Crippen LogP contribution in [0.3, 0.4) is 0 Å². The highest BCUT2D eigenvalue weighted by atomic mass is 35.5. The van der Waals surface area contributed by atoms with E-state index in [1.54, 1.807) is 24.3 Å². The largest absolute Gasteiger partial charge is 0.484 e. The van der Waals surface area contributed by atoms with E-state index >= 15 is 0 Å². The van der Waals surface area contributed by atoms with Crippen molar-refractivity contribution in [1.29, 1.82) is 0 Å². The molecule has 4 nitrogen and oxygen atoms in total. The summed E-state index contributed by atoms with van der Waals surface area (Å²) in [6.45, 7) is 0.549. The molecule has 1 amide bonds. The van der Waals surface area contributed by atoms with E-state index in [0.717, 1.165) is 11.9 Å². The molecule has 3 rings (SSSR count). The molecule has 0 atom stereocenters. The Morgan fingerprint density at radius 3 is 2.91 bits per heavy atom. The van der Waals surface area contributed by atoms with Gasteiger partial charge < -0.3 is 15.0 Å². The molecule has 0 saturated carbocycles. The van der Waals surface area contributed by atoms with E-state index in [9.17, 15) is 4.79 Å². The Balaban J connectivity index is 1.46. The molecule has 1 heterocycles. The highest BCUT2D eigenvalue weighted by Crippen LogP contribution is 2.18. The van der Waals surface area contributed by atoms with Gasteiger partial charge in [0, 0.05) is 28.7 Å². The molecule has 23 heavy (non-hydrogen) atoms. The minimum atomic E-state index is -0.148. The van der Waals surface area contributed by atoms with E-state index in [0.29, 0.717) is 17.3 Å². The zero-order valence-electron chi connectivity index (χ0n) is 12.5. The molecule has 0 aliphatic carbocycles. The molecule has 2 N–H and O–H groups in total. The van der Waals surface area contributed by atoms with Gasteiger partial charge in [0.15, 0.2) is 6.61 Å². The summed E-state index contributed by atoms with van der Waals surface area (Å²) in [5, 5.41) is 4.64. The highest BCUT2D eigenvalue weighted by Gasteiger charge is 2.05. The third-order valence-electron chi connectivity index (χ3n) is 3.56. The number of nitrogens with one attached hydrogen (secondary N) is 2. The number of aromatic amines is 1. The van der Waals surface area contributed by atoms with Crippen molar-refractivity contribution in [3.8, 4) is 5.75 Å². The summed E-state index contributed by atoms with van der Waals surface area (Å²) in [4.78, 5) is 15.0. The number of para-hydroxylation sites is 1. The van der Waals surface area contributed by atoms with Crippen molar-refractivity contribution < 1.29 is 9.53 Å². The number of fused-ring (bicyclic) bond motifs is 1. The third kappa shape index (κ3) is 4.05. The first-order valence-corrected chi connectivity index (χ1v) is 7.80. The Morgan fingerprint density at radius 2 is 2.04 bits per heavy atom. The van der Waals surface area contributed by atoms with Crippen molar-refractivity contribution in [2.45, 2.75) is 6.42 Å². The fourth-order valence-corrected chi connectivity index (χ4v) is 2.61. The molecule has 0 fully saturated rings. The van der Waals surface area contributed by atoms with Crippen molar-refractivity contribution >= 4 is 28.4 Å². The normalized spacial score (nSPS) is 10.7. The third-order valence-corrected chi connectivity index (χ3v) is 3.79. The van der Waals surface area contributed by atoms with E-state index in [4.69, 9.17) is 16.3 Å². The molecule has 5 heteroatoms. The Morgan fingerprint density at radius 1 is 1.17 bits per heavy atom. The summed E-state index contributed by atoms with van der Waals surface area (Å²) in [7, 11) is 0. The van der Waals surface area contributed by atoms with Crippen molar-refractivity contribution in [3.05, 3.63) is 65.3 Å². The number of halogens is 1. The van der Waals surface area contributed by atoms with Gasteiger partial charge in [-0.1, -0.05) is 35.9 Å². The molecule has 0 bridgehead atoms. The molecule has 0 saturated heterocycles. The van der Waals surface area contributed by atoms with Gasteiger partial charge in [0.25, 0.3) is 5.91 Å². The summed E-state index contributed by atoms with van der Waals surface area (Å²) in [6.07, 6.45) is 2.76. The number of rotatable bonds is 6. The van der Waals surface area contributed by atoms with E-state index in [1.807, 2.05) is 24.4 Å². The van der Waals surface area contributed by atoms with Crippen LogP contribution in [0.5, 0.6) is 5.75 Å². The average molecular weight is 329 g/mol. The Hall–Kier alpha value is -2.46. The lowest BCUT2D eigenvalue weighted by atomic mass is 10.1. The Bertz CT molecular complexity index is 813. The van der Waals surface area contributed by atoms with Crippen molar-refractivity contribution in [2.24, 2.45) is 0 Å². The summed E-state index contributed by atoms with van der Waals surface area (Å²) < 4.78 is 5.40. The summed E-state index contributed by atoms with van der Waals surface area (Å²) >= 11 is 5.87. The zero-order chi connectivity index (χ0) is 16.1. The summed E-state index contributed by atoms with van der Waals surface area (Å²) in [6, 6.07) is 15.1. The van der Waals surface area contributed by atoms with Crippen LogP contribution >= 0.6 is 11.6 Å². The maximum atomic E-state index is 11.8. The second-order valence-corrected chi connectivity index (χ2v) is 5.64. The number of carbonyl (C=O) groups is 1. The molecule has 0 aliphatic rings. The topological polar surface area (TPSA) is 54.1 Å². The second kappa shape index (κ2) is 7.20. The standard InChI is InChI=1S/C18H17ClN2O2/c19-14-4-3-5-15(10-14)23-12-18(22)20-9-8-13-11-21-17-7-2-1-6-16(13)17/h1-7,10-11,21H,8-9,12H2,(H,20,22). The maximum absolute atomic E-state index is 11.8. The number of hydrogen-bond acceptors (Lipinski definition) is 2. The number of H-pyrrole nitrogens is 1. The van der Waals surface area contributed by atoms with Crippen LogP contribution in [-0.2, 0) is 11.2 Å². The van der Waals surface area contributed by atoms with Crippen LogP contribution in [0.15, 0.2) is 54.7 Å². The molecule has 0 spiro atoms. The van der Waals surface area contributed by atoms with E-state index in [2.05, 4.69) is 16.4 Å². The van der Waals surface area contributed by atoms with Gasteiger partial charge in [-0.3, -0.25) is 4.79 Å². The van der Waals surface area contributed by atoms with Gasteiger partial charge in [0.1, 0.15) is 5.75 Å². The van der Waals surface area contributed by atoms with E-state index in [-0.39, 0.29) is 12.5 Å². The quantitative estimate of drug-likeness (QED) is 0.727. The van der Waals surface area contributed by atoms with Gasteiger partial charge in [-0.05, 0) is 36.2 Å². The van der Waals surface area contributed by atoms with Gasteiger partial charge in [0.2, 0.25) is 0 Å². The van der Waals surface area contributed by atoms with Crippen LogP contribution in [0, 0.1) is 0 Å². The first-order valence-electron chi connectivity index (χ1n) is 7.42. The maximum Gasteiger partial charge on any atom is 0.257 e. The smallest absolute Gasteiger partial charge is 0.257 e. The molecule has 2 aromatic carbocycles. The monoisotopic (exact) mass is 328 g/mol. The Kier molecular flexibility index (Phi) is 4.83. The van der Waals surface area contributed by atoms with Crippen LogP contribution in [0.2, 0.25) is 5.02 Å². The summed E-state index contributed by atoms with van der Waals surface area (Å²) in [5.74, 6) is 0.439. The number of hydrogen-bond donors (Lipinski definition) is 2. The van der Waals surface area contributed by atoms with Crippen LogP contribution < -0.4 is 10.1 Å². The summed E-state index contributed by atoms with van der Waals surface area (Å²) in [5.41, 5.74) is 2.30. The zero-order valence-corrected chi connectivity index (χ0v) is 13.3. The van der Waals surface area contributed by atoms with Gasteiger partial charge in [-0.2, -0.15) is 0 Å². The molecule has 1 aromatic heterocycles. The number of benzene rings is 2. The second-order valence-electron chi connectivity index (χ2n) is 5.21. The van der Waals surface area contributed by atoms with Gasteiger partial charge in [-0.25, -0.2) is 0 Å². The molecule has 3 aromatic rings. The molecule has 0 radical (unpaired) electrons. The number of ether oxygens (including phenoxy) is 1. The molecular formula is C18H17ClN2O2. The average Bonchev–Trinajstić information content (AvgIpc) is 2.97. The Labute approximate surface area is 139 Å². The van der Waals surface area contributed by atoms with Crippen LogP contribution in [0.25, 0.3) is 10.9 Å². The molecular weight excluding hydrogens is 312 g/mol. The first kappa shape index (κ1) is 15.4. The van der Waals surface area contributed by atoms with E-state index < -0.39 is 0 Å². The minimum absolute atomic E-state index is 0.0196. The highest BCUT2D eigenvalue weighted by molar-refractivity contribution is 6.30. The van der Waals surface area contributed by atoms with E-state index in [1.165, 1.54) is 10.9 Å². The van der Waals surface area contributed by atoms with Crippen LogP contribution in [-0.4, -0.2) is 24.0 Å². The number of aromatic nitrogens is 1. The number of carbonyl (C=O) groups excluding carboxylic acids is 1. The minimum Gasteiger partial charge on any atom is -0.484 e. The van der Waals surface area contributed by atoms with Crippen LogP contribution in [0.4, 0.5) is 0 Å². The van der Waals surface area contributed by atoms with Crippen LogP contribution in [0.1, 0.15) is 5.56 Å². The molecule has 0 aliphatic heterocycles. The number of amides is 1. The first-order chi connectivity index (χ1) is 11.2. The van der Waals surface area contributed by atoms with Crippen molar-refractivity contribution in [2.75, 3.05) is 13.2 Å². The van der Waals surface area contributed by atoms with Crippen molar-refractivity contribution in [1.82, 2.24) is 10.3 Å². The fourth-order valence-electron chi connectivity index (χ4n) is 2.43. The SMILES string of the molecule is O=C(COc1cccc(Cl)c1)NCCc1c[nH]c2ccccc12. The lowest BCUT2D eigenvalue weighted by Gasteiger charge is -2.07. The molecule has 0 unspecified atom stereocenters. The lowest BCUT2D eigenvalue weighted by Crippen LogP contribution is -2.30. The fraction of sp³-hybridized carbons (Fsp3) is 0.167. The molecule has 118 valence electrons. The predicted octanol–water partition coefficient (Wildman–Crippen LogP) is 3.56. The van der Waals surface area contributed by atoms with Crippen molar-refractivity contribution in [3.63, 3.8) is 0 Å². The van der Waals surface area contributed by atoms with Gasteiger partial charge in [0.05, 0.1) is 0 Å². The van der Waals surface area contributed by atoms with Gasteiger partial charge in [-0.15, -0.1) is 0 Å².